The van der Waals surface area contributed by atoms with E-state index in [9.17, 15) is 8.42 Å². The molecule has 0 bridgehead atoms. The third-order valence-electron chi connectivity index (χ3n) is 2.56. The minimum atomic E-state index is -3.28. The van der Waals surface area contributed by atoms with E-state index in [1.54, 1.807) is 7.05 Å². The molecular formula is C9H21N3O2S. The van der Waals surface area contributed by atoms with Crippen molar-refractivity contribution in [1.29, 1.82) is 0 Å². The van der Waals surface area contributed by atoms with E-state index in [1.165, 1.54) is 4.31 Å². The van der Waals surface area contributed by atoms with Crippen molar-refractivity contribution < 1.29 is 8.42 Å². The zero-order valence-electron chi connectivity index (χ0n) is 9.49. The van der Waals surface area contributed by atoms with Crippen LogP contribution in [0.3, 0.4) is 0 Å². The predicted octanol–water partition coefficient (Wildman–Crippen LogP) is -0.0854. The quantitative estimate of drug-likeness (QED) is 0.700. The van der Waals surface area contributed by atoms with Gasteiger partial charge in [-0.2, -0.15) is 17.4 Å². The number of hydrogen-bond acceptors (Lipinski definition) is 3. The number of piperidine rings is 1. The summed E-state index contributed by atoms with van der Waals surface area (Å²) in [5, 5.41) is 3.18. The first-order valence-corrected chi connectivity index (χ1v) is 6.94. The molecule has 0 spiro atoms. The van der Waals surface area contributed by atoms with E-state index in [0.717, 1.165) is 32.4 Å². The SMILES string of the molecule is CCCN(C)S(=O)(=O)NC1CCCNC1. The van der Waals surface area contributed by atoms with E-state index in [-0.39, 0.29) is 6.04 Å². The minimum Gasteiger partial charge on any atom is -0.315 e. The summed E-state index contributed by atoms with van der Waals surface area (Å²) >= 11 is 0. The van der Waals surface area contributed by atoms with Crippen molar-refractivity contribution in [2.45, 2.75) is 32.2 Å². The van der Waals surface area contributed by atoms with Gasteiger partial charge in [0, 0.05) is 26.2 Å². The summed E-state index contributed by atoms with van der Waals surface area (Å²) in [6.45, 7) is 4.26. The normalized spacial score (nSPS) is 23.3. The molecule has 0 radical (unpaired) electrons. The highest BCUT2D eigenvalue weighted by molar-refractivity contribution is 7.87. The van der Waals surface area contributed by atoms with Crippen LogP contribution in [0.5, 0.6) is 0 Å². The molecule has 1 heterocycles. The lowest BCUT2D eigenvalue weighted by Gasteiger charge is -2.26. The van der Waals surface area contributed by atoms with Gasteiger partial charge in [0.25, 0.3) is 10.2 Å². The van der Waals surface area contributed by atoms with Gasteiger partial charge in [0.2, 0.25) is 0 Å². The number of hydrogen-bond donors (Lipinski definition) is 2. The summed E-state index contributed by atoms with van der Waals surface area (Å²) < 4.78 is 27.6. The first-order valence-electron chi connectivity index (χ1n) is 5.50. The van der Waals surface area contributed by atoms with Gasteiger partial charge < -0.3 is 5.32 Å². The Balaban J connectivity index is 2.47. The Labute approximate surface area is 92.4 Å². The lowest BCUT2D eigenvalue weighted by Crippen LogP contribution is -2.49. The van der Waals surface area contributed by atoms with Crippen molar-refractivity contribution in [2.75, 3.05) is 26.7 Å². The van der Waals surface area contributed by atoms with Crippen LogP contribution >= 0.6 is 0 Å². The topological polar surface area (TPSA) is 61.4 Å². The smallest absolute Gasteiger partial charge is 0.279 e. The lowest BCUT2D eigenvalue weighted by atomic mass is 10.1. The summed E-state index contributed by atoms with van der Waals surface area (Å²) in [4.78, 5) is 0. The second-order valence-corrected chi connectivity index (χ2v) is 5.80. The predicted molar refractivity (Wildman–Crippen MR) is 60.9 cm³/mol. The van der Waals surface area contributed by atoms with E-state index in [2.05, 4.69) is 10.0 Å². The van der Waals surface area contributed by atoms with Gasteiger partial charge in [-0.3, -0.25) is 0 Å². The molecule has 0 amide bonds. The molecule has 0 aromatic heterocycles. The Hall–Kier alpha value is -0.170. The number of nitrogens with one attached hydrogen (secondary N) is 2. The molecule has 0 aromatic carbocycles. The Morgan fingerprint density at radius 2 is 2.27 bits per heavy atom. The summed E-state index contributed by atoms with van der Waals surface area (Å²) in [5.74, 6) is 0. The average Bonchev–Trinajstić information content (AvgIpc) is 2.19. The Bertz CT molecular complexity index is 273. The molecular weight excluding hydrogens is 214 g/mol. The first kappa shape index (κ1) is 12.9. The summed E-state index contributed by atoms with van der Waals surface area (Å²) in [6, 6.07) is 0.0445. The molecule has 1 rings (SSSR count). The molecule has 5 nitrogen and oxygen atoms in total. The first-order chi connectivity index (χ1) is 7.06. The van der Waals surface area contributed by atoms with E-state index < -0.39 is 10.2 Å². The fourth-order valence-corrected chi connectivity index (χ4v) is 2.91. The summed E-state index contributed by atoms with van der Waals surface area (Å²) in [7, 11) is -1.67. The van der Waals surface area contributed by atoms with Crippen LogP contribution in [-0.2, 0) is 10.2 Å². The third kappa shape index (κ3) is 4.06. The molecule has 15 heavy (non-hydrogen) atoms. The zero-order valence-corrected chi connectivity index (χ0v) is 10.3. The van der Waals surface area contributed by atoms with Crippen molar-refractivity contribution in [1.82, 2.24) is 14.3 Å². The zero-order chi connectivity index (χ0) is 11.3. The Kier molecular flexibility index (Phi) is 4.98. The fourth-order valence-electron chi connectivity index (χ4n) is 1.69. The Morgan fingerprint density at radius 1 is 1.53 bits per heavy atom. The summed E-state index contributed by atoms with van der Waals surface area (Å²) in [5.41, 5.74) is 0. The van der Waals surface area contributed by atoms with Gasteiger partial charge in [0.05, 0.1) is 0 Å². The largest absolute Gasteiger partial charge is 0.315 e. The standard InChI is InChI=1S/C9H21N3O2S/c1-3-7-12(2)15(13,14)11-9-5-4-6-10-8-9/h9-11H,3-8H2,1-2H3. The highest BCUT2D eigenvalue weighted by atomic mass is 32.2. The van der Waals surface area contributed by atoms with Crippen LogP contribution < -0.4 is 10.0 Å². The maximum absolute atomic E-state index is 11.8. The van der Waals surface area contributed by atoms with Crippen molar-refractivity contribution in [3.63, 3.8) is 0 Å². The van der Waals surface area contributed by atoms with Crippen molar-refractivity contribution in [2.24, 2.45) is 0 Å². The van der Waals surface area contributed by atoms with Crippen molar-refractivity contribution >= 4 is 10.2 Å². The highest BCUT2D eigenvalue weighted by Crippen LogP contribution is 2.05. The molecule has 1 fully saturated rings. The fraction of sp³-hybridized carbons (Fsp3) is 1.00. The molecule has 1 saturated heterocycles. The highest BCUT2D eigenvalue weighted by Gasteiger charge is 2.22. The lowest BCUT2D eigenvalue weighted by molar-refractivity contribution is 0.402. The van der Waals surface area contributed by atoms with Gasteiger partial charge in [0.15, 0.2) is 0 Å². The second-order valence-electron chi connectivity index (χ2n) is 3.99. The monoisotopic (exact) mass is 235 g/mol. The average molecular weight is 235 g/mol. The van der Waals surface area contributed by atoms with E-state index >= 15 is 0 Å². The maximum atomic E-state index is 11.8. The summed E-state index contributed by atoms with van der Waals surface area (Å²) in [6.07, 6.45) is 2.79. The van der Waals surface area contributed by atoms with Gasteiger partial charge in [0.1, 0.15) is 0 Å². The molecule has 1 aliphatic rings. The molecule has 6 heteroatoms. The molecule has 0 aliphatic carbocycles. The molecule has 1 unspecified atom stereocenters. The molecule has 0 saturated carbocycles. The van der Waals surface area contributed by atoms with Crippen LogP contribution in [0.2, 0.25) is 0 Å². The number of rotatable bonds is 5. The van der Waals surface area contributed by atoms with Gasteiger partial charge >= 0.3 is 0 Å². The van der Waals surface area contributed by atoms with Crippen LogP contribution in [0.15, 0.2) is 0 Å². The van der Waals surface area contributed by atoms with Crippen molar-refractivity contribution in [3.8, 4) is 0 Å². The maximum Gasteiger partial charge on any atom is 0.279 e. The third-order valence-corrected chi connectivity index (χ3v) is 4.20. The minimum absolute atomic E-state index is 0.0445. The van der Waals surface area contributed by atoms with Crippen LogP contribution in [-0.4, -0.2) is 45.4 Å². The van der Waals surface area contributed by atoms with E-state index in [0.29, 0.717) is 6.54 Å². The van der Waals surface area contributed by atoms with Crippen LogP contribution in [0.1, 0.15) is 26.2 Å². The van der Waals surface area contributed by atoms with Gasteiger partial charge in [-0.25, -0.2) is 0 Å². The molecule has 0 aromatic rings. The van der Waals surface area contributed by atoms with Gasteiger partial charge in [-0.05, 0) is 25.8 Å². The molecule has 1 aliphatic heterocycles. The second kappa shape index (κ2) is 5.79. The molecule has 2 N–H and O–H groups in total. The molecule has 90 valence electrons. The van der Waals surface area contributed by atoms with Gasteiger partial charge in [-0.1, -0.05) is 6.92 Å². The van der Waals surface area contributed by atoms with Crippen molar-refractivity contribution in [3.05, 3.63) is 0 Å². The Morgan fingerprint density at radius 3 is 2.80 bits per heavy atom. The molecule has 1 atom stereocenters. The van der Waals surface area contributed by atoms with Crippen LogP contribution in [0.4, 0.5) is 0 Å². The van der Waals surface area contributed by atoms with Gasteiger partial charge in [-0.15, -0.1) is 0 Å². The van der Waals surface area contributed by atoms with E-state index in [4.69, 9.17) is 0 Å². The van der Waals surface area contributed by atoms with Crippen LogP contribution in [0.25, 0.3) is 0 Å². The number of nitrogens with zero attached hydrogens (tertiary/aromatic N) is 1. The van der Waals surface area contributed by atoms with E-state index in [1.807, 2.05) is 6.92 Å². The van der Waals surface area contributed by atoms with Crippen LogP contribution in [0, 0.1) is 0 Å².